The normalized spacial score (nSPS) is 12.0. The first-order chi connectivity index (χ1) is 18.4. The molecule has 0 saturated carbocycles. The maximum atomic E-state index is 12.2. The van der Waals surface area contributed by atoms with E-state index in [1.54, 1.807) is 77.0 Å². The van der Waals surface area contributed by atoms with Crippen molar-refractivity contribution in [2.24, 2.45) is 5.73 Å². The number of carbonyl (C=O) groups is 1. The van der Waals surface area contributed by atoms with Crippen LogP contribution < -0.4 is 34.7 Å². The Morgan fingerprint density at radius 3 is 2.08 bits per heavy atom. The van der Waals surface area contributed by atoms with Gasteiger partial charge in [-0.15, -0.1) is 0 Å². The molecule has 0 heterocycles. The first-order valence-electron chi connectivity index (χ1n) is 11.9. The maximum absolute atomic E-state index is 12.2. The zero-order valence-corrected chi connectivity index (χ0v) is 22.0. The monoisotopic (exact) mass is 522 g/mol. The van der Waals surface area contributed by atoms with Crippen molar-refractivity contribution in [1.29, 1.82) is 0 Å². The summed E-state index contributed by atoms with van der Waals surface area (Å²) in [5.41, 5.74) is 8.27. The lowest BCUT2D eigenvalue weighted by Gasteiger charge is -2.15. The van der Waals surface area contributed by atoms with Gasteiger partial charge in [0.25, 0.3) is 0 Å². The summed E-state index contributed by atoms with van der Waals surface area (Å²) >= 11 is 0. The Bertz CT molecular complexity index is 1220. The van der Waals surface area contributed by atoms with E-state index >= 15 is 0 Å². The summed E-state index contributed by atoms with van der Waals surface area (Å²) in [5, 5.41) is 13.5. The number of nitrogens with two attached hydrogens (primary N) is 1. The van der Waals surface area contributed by atoms with Crippen molar-refractivity contribution in [3.05, 3.63) is 77.4 Å². The average Bonchev–Trinajstić information content (AvgIpc) is 2.94. The van der Waals surface area contributed by atoms with Crippen LogP contribution in [0.2, 0.25) is 0 Å². The van der Waals surface area contributed by atoms with E-state index in [2.05, 4.69) is 5.32 Å². The predicted octanol–water partition coefficient (Wildman–Crippen LogP) is 3.28. The lowest BCUT2D eigenvalue weighted by atomic mass is 10.0. The van der Waals surface area contributed by atoms with Gasteiger partial charge in [0, 0.05) is 36.4 Å². The number of nitrogens with one attached hydrogen (secondary N) is 1. The minimum atomic E-state index is -0.733. The van der Waals surface area contributed by atoms with Gasteiger partial charge in [-0.2, -0.15) is 0 Å². The van der Waals surface area contributed by atoms with Crippen molar-refractivity contribution >= 4 is 17.6 Å². The standard InChI is InChI=1S/C29H34N2O7/c1-34-24-10-7-21(28(15-24)37-4)16-31-17-22(32)18-38-23-8-5-20(6-9-23)27(29(30)33)13-19-11-25(35-2)14-26(12-19)36-3/h5-15,22,31-32H,16-18H2,1-4H3,(H2,30,33). The number of rotatable bonds is 14. The summed E-state index contributed by atoms with van der Waals surface area (Å²) in [4.78, 5) is 12.2. The molecule has 0 radical (unpaired) electrons. The number of aliphatic hydroxyl groups excluding tert-OH is 1. The molecule has 9 heteroatoms. The Morgan fingerprint density at radius 1 is 0.868 bits per heavy atom. The highest BCUT2D eigenvalue weighted by molar-refractivity contribution is 6.23. The summed E-state index contributed by atoms with van der Waals surface area (Å²) in [7, 11) is 6.32. The van der Waals surface area contributed by atoms with Gasteiger partial charge >= 0.3 is 0 Å². The van der Waals surface area contributed by atoms with Crippen molar-refractivity contribution in [3.8, 4) is 28.7 Å². The second kappa shape index (κ2) is 13.9. The lowest BCUT2D eigenvalue weighted by molar-refractivity contribution is -0.112. The third kappa shape index (κ3) is 7.89. The molecule has 3 rings (SSSR count). The molecule has 0 saturated heterocycles. The number of hydrogen-bond acceptors (Lipinski definition) is 8. The van der Waals surface area contributed by atoms with E-state index in [1.165, 1.54) is 0 Å². The summed E-state index contributed by atoms with van der Waals surface area (Å²) < 4.78 is 26.9. The minimum Gasteiger partial charge on any atom is -0.497 e. The summed E-state index contributed by atoms with van der Waals surface area (Å²) in [6, 6.07) is 17.8. The quantitative estimate of drug-likeness (QED) is 0.218. The largest absolute Gasteiger partial charge is 0.497 e. The number of primary amides is 1. The molecule has 0 aromatic heterocycles. The van der Waals surface area contributed by atoms with Crippen LogP contribution in [0.5, 0.6) is 28.7 Å². The van der Waals surface area contributed by atoms with Gasteiger partial charge in [-0.1, -0.05) is 18.2 Å². The number of amides is 1. The molecule has 1 unspecified atom stereocenters. The third-order valence-corrected chi connectivity index (χ3v) is 5.75. The predicted molar refractivity (Wildman–Crippen MR) is 146 cm³/mol. The molecule has 4 N–H and O–H groups in total. The van der Waals surface area contributed by atoms with E-state index < -0.39 is 12.0 Å². The van der Waals surface area contributed by atoms with Crippen LogP contribution in [-0.2, 0) is 11.3 Å². The SMILES string of the molecule is COc1cc(C=C(C(N)=O)c2ccc(OCC(O)CNCc3ccc(OC)cc3OC)cc2)cc(OC)c1. The fraction of sp³-hybridized carbons (Fsp3) is 0.276. The van der Waals surface area contributed by atoms with E-state index in [1.807, 2.05) is 18.2 Å². The van der Waals surface area contributed by atoms with Crippen LogP contribution in [0.4, 0.5) is 0 Å². The Hall–Kier alpha value is -4.21. The number of hydrogen-bond donors (Lipinski definition) is 3. The number of benzene rings is 3. The fourth-order valence-electron chi connectivity index (χ4n) is 3.73. The second-order valence-electron chi connectivity index (χ2n) is 8.37. The fourth-order valence-corrected chi connectivity index (χ4v) is 3.73. The molecule has 9 nitrogen and oxygen atoms in total. The number of methoxy groups -OCH3 is 4. The molecule has 0 bridgehead atoms. The first-order valence-corrected chi connectivity index (χ1v) is 11.9. The van der Waals surface area contributed by atoms with Crippen LogP contribution in [0.3, 0.4) is 0 Å². The molecular weight excluding hydrogens is 488 g/mol. The van der Waals surface area contributed by atoms with Gasteiger partial charge in [-0.3, -0.25) is 4.79 Å². The van der Waals surface area contributed by atoms with Gasteiger partial charge in [0.1, 0.15) is 41.5 Å². The van der Waals surface area contributed by atoms with Crippen LogP contribution >= 0.6 is 0 Å². The van der Waals surface area contributed by atoms with Crippen molar-refractivity contribution in [2.75, 3.05) is 41.6 Å². The Balaban J connectivity index is 1.58. The highest BCUT2D eigenvalue weighted by atomic mass is 16.5. The molecule has 0 aliphatic rings. The minimum absolute atomic E-state index is 0.0915. The van der Waals surface area contributed by atoms with Gasteiger partial charge in [0.05, 0.1) is 28.4 Å². The molecule has 0 aliphatic carbocycles. The zero-order chi connectivity index (χ0) is 27.5. The number of carbonyl (C=O) groups excluding carboxylic acids is 1. The number of aliphatic hydroxyl groups is 1. The highest BCUT2D eigenvalue weighted by Crippen LogP contribution is 2.27. The molecule has 0 spiro atoms. The topological polar surface area (TPSA) is 122 Å². The van der Waals surface area contributed by atoms with Gasteiger partial charge < -0.3 is 39.8 Å². The third-order valence-electron chi connectivity index (χ3n) is 5.75. The molecule has 0 aliphatic heterocycles. The van der Waals surface area contributed by atoms with Crippen LogP contribution in [0.25, 0.3) is 11.6 Å². The Labute approximate surface area is 222 Å². The highest BCUT2D eigenvalue weighted by Gasteiger charge is 2.12. The van der Waals surface area contributed by atoms with Crippen molar-refractivity contribution < 1.29 is 33.6 Å². The van der Waals surface area contributed by atoms with Crippen LogP contribution in [0.1, 0.15) is 16.7 Å². The van der Waals surface area contributed by atoms with E-state index in [4.69, 9.17) is 29.4 Å². The van der Waals surface area contributed by atoms with Gasteiger partial charge in [0.2, 0.25) is 5.91 Å². The Kier molecular flexibility index (Phi) is 10.4. The van der Waals surface area contributed by atoms with E-state index in [0.717, 1.165) is 5.56 Å². The maximum Gasteiger partial charge on any atom is 0.249 e. The Morgan fingerprint density at radius 2 is 1.50 bits per heavy atom. The molecule has 3 aromatic rings. The van der Waals surface area contributed by atoms with Crippen LogP contribution in [0, 0.1) is 0 Å². The van der Waals surface area contributed by atoms with E-state index in [0.29, 0.717) is 58.5 Å². The number of ether oxygens (including phenoxy) is 5. The average molecular weight is 523 g/mol. The second-order valence-corrected chi connectivity index (χ2v) is 8.37. The molecule has 1 amide bonds. The van der Waals surface area contributed by atoms with E-state index in [9.17, 15) is 9.90 Å². The molecule has 38 heavy (non-hydrogen) atoms. The molecule has 0 fully saturated rings. The van der Waals surface area contributed by atoms with Crippen molar-refractivity contribution in [3.63, 3.8) is 0 Å². The van der Waals surface area contributed by atoms with Gasteiger partial charge in [0.15, 0.2) is 0 Å². The molecule has 202 valence electrons. The lowest BCUT2D eigenvalue weighted by Crippen LogP contribution is -2.31. The van der Waals surface area contributed by atoms with Gasteiger partial charge in [-0.05, 0) is 47.5 Å². The van der Waals surface area contributed by atoms with E-state index in [-0.39, 0.29) is 6.61 Å². The summed E-state index contributed by atoms with van der Waals surface area (Å²) in [6.07, 6.45) is 0.944. The van der Waals surface area contributed by atoms with Crippen molar-refractivity contribution in [2.45, 2.75) is 12.6 Å². The van der Waals surface area contributed by atoms with Crippen LogP contribution in [-0.4, -0.2) is 58.7 Å². The summed E-state index contributed by atoms with van der Waals surface area (Å²) in [5.74, 6) is 2.59. The van der Waals surface area contributed by atoms with Crippen molar-refractivity contribution in [1.82, 2.24) is 5.32 Å². The smallest absolute Gasteiger partial charge is 0.249 e. The summed E-state index contributed by atoms with van der Waals surface area (Å²) in [6.45, 7) is 0.931. The first kappa shape index (κ1) is 28.4. The molecular formula is C29H34N2O7. The zero-order valence-electron chi connectivity index (χ0n) is 22.0. The molecule has 1 atom stereocenters. The molecule has 3 aromatic carbocycles. The van der Waals surface area contributed by atoms with Crippen LogP contribution in [0.15, 0.2) is 60.7 Å². The van der Waals surface area contributed by atoms with Gasteiger partial charge in [-0.25, -0.2) is 0 Å².